The Morgan fingerprint density at radius 1 is 0.909 bits per heavy atom. The van der Waals surface area contributed by atoms with Gasteiger partial charge in [0.15, 0.2) is 0 Å². The van der Waals surface area contributed by atoms with Crippen LogP contribution in [0, 0.1) is 6.07 Å². The van der Waals surface area contributed by atoms with Gasteiger partial charge in [0, 0.05) is 5.75 Å². The first-order chi connectivity index (χ1) is 10.4. The van der Waals surface area contributed by atoms with Gasteiger partial charge in [0.05, 0.1) is 6.61 Å². The van der Waals surface area contributed by atoms with Crippen molar-refractivity contribution in [1.29, 1.82) is 0 Å². The van der Waals surface area contributed by atoms with Gasteiger partial charge in [-0.3, -0.25) is 0 Å². The van der Waals surface area contributed by atoms with Gasteiger partial charge in [0.25, 0.3) is 0 Å². The molecule has 0 fully saturated rings. The summed E-state index contributed by atoms with van der Waals surface area (Å²) < 4.78 is 5.96. The van der Waals surface area contributed by atoms with Gasteiger partial charge >= 0.3 is 29.6 Å². The third-order valence-electron chi connectivity index (χ3n) is 3.88. The van der Waals surface area contributed by atoms with Crippen LogP contribution < -0.4 is 34.3 Å². The third kappa shape index (κ3) is 4.04. The molecule has 3 aromatic carbocycles. The number of unbranched alkanes of at least 4 members (excludes halogenated alkanes) is 3. The first kappa shape index (κ1) is 17.3. The smallest absolute Gasteiger partial charge is 0.519 e. The van der Waals surface area contributed by atoms with Crippen LogP contribution in [0.2, 0.25) is 0 Å². The Bertz CT molecular complexity index is 736. The summed E-state index contributed by atoms with van der Waals surface area (Å²) in [6, 6.07) is 20.2. The number of benzene rings is 3. The van der Waals surface area contributed by atoms with Gasteiger partial charge in [-0.05, 0) is 17.2 Å². The van der Waals surface area contributed by atoms with Crippen LogP contribution in [-0.4, -0.2) is 6.61 Å². The maximum Gasteiger partial charge on any atom is 1.00 e. The second-order valence-corrected chi connectivity index (χ2v) is 5.50. The minimum atomic E-state index is 0. The Morgan fingerprint density at radius 3 is 2.45 bits per heavy atom. The van der Waals surface area contributed by atoms with Gasteiger partial charge in [0.2, 0.25) is 0 Å². The van der Waals surface area contributed by atoms with Crippen molar-refractivity contribution in [3.8, 4) is 5.75 Å². The Balaban J connectivity index is 0.00000176. The van der Waals surface area contributed by atoms with Gasteiger partial charge in [0.1, 0.15) is 0 Å². The second kappa shape index (κ2) is 8.57. The quantitative estimate of drug-likeness (QED) is 0.294. The van der Waals surface area contributed by atoms with Crippen LogP contribution in [0.15, 0.2) is 48.5 Å². The van der Waals surface area contributed by atoms with E-state index >= 15 is 0 Å². The van der Waals surface area contributed by atoms with Crippen LogP contribution in [0.5, 0.6) is 5.75 Å². The summed E-state index contributed by atoms with van der Waals surface area (Å²) >= 11 is 0. The zero-order valence-corrected chi connectivity index (χ0v) is 15.6. The molecule has 0 aliphatic heterocycles. The van der Waals surface area contributed by atoms with E-state index < -0.39 is 0 Å². The summed E-state index contributed by atoms with van der Waals surface area (Å²) in [4.78, 5) is 0. The van der Waals surface area contributed by atoms with Crippen molar-refractivity contribution >= 4 is 21.5 Å². The van der Waals surface area contributed by atoms with E-state index in [1.165, 1.54) is 35.4 Å². The fourth-order valence-corrected chi connectivity index (χ4v) is 2.70. The number of fused-ring (bicyclic) bond motifs is 2. The van der Waals surface area contributed by atoms with E-state index in [9.17, 15) is 0 Å². The van der Waals surface area contributed by atoms with E-state index in [2.05, 4.69) is 55.5 Å². The van der Waals surface area contributed by atoms with Crippen molar-refractivity contribution in [3.63, 3.8) is 0 Å². The van der Waals surface area contributed by atoms with Crippen molar-refractivity contribution in [2.24, 2.45) is 0 Å². The van der Waals surface area contributed by atoms with Crippen LogP contribution in [-0.2, 0) is 0 Å². The number of rotatable bonds is 6. The Hall–Kier alpha value is -1.02. The largest absolute Gasteiger partial charge is 1.00 e. The van der Waals surface area contributed by atoms with E-state index in [0.29, 0.717) is 0 Å². The zero-order chi connectivity index (χ0) is 14.5. The molecular weight excluding hydrogens is 279 g/mol. The van der Waals surface area contributed by atoms with E-state index in [1.807, 2.05) is 6.07 Å². The molecule has 1 nitrogen and oxygen atoms in total. The number of ether oxygens (including phenoxy) is 1. The summed E-state index contributed by atoms with van der Waals surface area (Å²) in [6.07, 6.45) is 4.90. The SMILES string of the molecule is CCCCCCOc1[c-]ccc2cc3ccccc3cc12.[Na+]. The average molecular weight is 300 g/mol. The van der Waals surface area contributed by atoms with Gasteiger partial charge in [-0.15, -0.1) is 11.5 Å². The zero-order valence-electron chi connectivity index (χ0n) is 13.6. The van der Waals surface area contributed by atoms with E-state index in [1.54, 1.807) is 0 Å². The fourth-order valence-electron chi connectivity index (χ4n) is 2.70. The van der Waals surface area contributed by atoms with Crippen molar-refractivity contribution in [2.75, 3.05) is 6.61 Å². The Kier molecular flexibility index (Phi) is 6.75. The van der Waals surface area contributed by atoms with Crippen molar-refractivity contribution < 1.29 is 34.3 Å². The molecule has 0 bridgehead atoms. The molecule has 0 aromatic heterocycles. The number of hydrogen-bond donors (Lipinski definition) is 0. The van der Waals surface area contributed by atoms with Crippen LogP contribution in [0.1, 0.15) is 32.6 Å². The molecular formula is C20H21NaO. The predicted octanol–water partition coefficient (Wildman–Crippen LogP) is 2.76. The molecule has 2 heteroatoms. The molecule has 0 saturated heterocycles. The monoisotopic (exact) mass is 300 g/mol. The maximum absolute atomic E-state index is 5.96. The van der Waals surface area contributed by atoms with Gasteiger partial charge in [-0.2, -0.15) is 12.1 Å². The van der Waals surface area contributed by atoms with Crippen LogP contribution >= 0.6 is 0 Å². The fraction of sp³-hybridized carbons (Fsp3) is 0.300. The van der Waals surface area contributed by atoms with E-state index in [0.717, 1.165) is 24.2 Å². The molecule has 0 unspecified atom stereocenters. The normalized spacial score (nSPS) is 10.6. The molecule has 0 atom stereocenters. The molecule has 0 spiro atoms. The molecule has 3 rings (SSSR count). The molecule has 0 aliphatic carbocycles. The summed E-state index contributed by atoms with van der Waals surface area (Å²) in [7, 11) is 0. The molecule has 0 radical (unpaired) electrons. The molecule has 0 heterocycles. The molecule has 0 aliphatic rings. The van der Waals surface area contributed by atoms with Crippen molar-refractivity contribution in [2.45, 2.75) is 32.6 Å². The molecule has 22 heavy (non-hydrogen) atoms. The summed E-state index contributed by atoms with van der Waals surface area (Å²) in [5.74, 6) is 0.884. The van der Waals surface area contributed by atoms with Gasteiger partial charge < -0.3 is 4.74 Å². The minimum Gasteiger partial charge on any atom is -0.519 e. The molecule has 108 valence electrons. The van der Waals surface area contributed by atoms with Crippen LogP contribution in [0.25, 0.3) is 21.5 Å². The standard InChI is InChI=1S/C20H21O.Na/c1-2-3-4-7-13-21-20-12-8-11-18-14-16-9-5-6-10-17(16)15-19(18)20;/h5-6,8-11,14-15H,2-4,7,13H2,1H3;/q-1;+1. The van der Waals surface area contributed by atoms with Crippen molar-refractivity contribution in [1.82, 2.24) is 0 Å². The molecule has 0 saturated carbocycles. The molecule has 3 aromatic rings. The second-order valence-electron chi connectivity index (χ2n) is 5.50. The van der Waals surface area contributed by atoms with Crippen LogP contribution in [0.4, 0.5) is 0 Å². The first-order valence-corrected chi connectivity index (χ1v) is 7.84. The molecule has 0 N–H and O–H groups in total. The van der Waals surface area contributed by atoms with Gasteiger partial charge in [-0.1, -0.05) is 68.0 Å². The summed E-state index contributed by atoms with van der Waals surface area (Å²) in [5.41, 5.74) is 0. The predicted molar refractivity (Wildman–Crippen MR) is 89.9 cm³/mol. The summed E-state index contributed by atoms with van der Waals surface area (Å²) in [5, 5.41) is 4.90. The van der Waals surface area contributed by atoms with Gasteiger partial charge in [-0.25, -0.2) is 0 Å². The summed E-state index contributed by atoms with van der Waals surface area (Å²) in [6.45, 7) is 3.01. The Morgan fingerprint density at radius 2 is 1.68 bits per heavy atom. The molecule has 0 amide bonds. The van der Waals surface area contributed by atoms with E-state index in [4.69, 9.17) is 4.74 Å². The first-order valence-electron chi connectivity index (χ1n) is 7.84. The number of hydrogen-bond acceptors (Lipinski definition) is 1. The Labute approximate surface area is 155 Å². The minimum absolute atomic E-state index is 0. The third-order valence-corrected chi connectivity index (χ3v) is 3.88. The maximum atomic E-state index is 5.96. The van der Waals surface area contributed by atoms with Crippen LogP contribution in [0.3, 0.4) is 0 Å². The topological polar surface area (TPSA) is 9.23 Å². The average Bonchev–Trinajstić information content (AvgIpc) is 2.53. The van der Waals surface area contributed by atoms with E-state index in [-0.39, 0.29) is 29.6 Å². The van der Waals surface area contributed by atoms with Crippen molar-refractivity contribution in [3.05, 3.63) is 54.6 Å².